The predicted octanol–water partition coefficient (Wildman–Crippen LogP) is 4.16. The second kappa shape index (κ2) is 4.42. The minimum Gasteiger partial charge on any atom is -0.444 e. The third-order valence-electron chi connectivity index (χ3n) is 2.57. The molecule has 0 spiro atoms. The normalized spacial score (nSPS) is 10.8. The Labute approximate surface area is 104 Å². The van der Waals surface area contributed by atoms with Gasteiger partial charge >= 0.3 is 0 Å². The number of aromatic nitrogens is 1. The highest BCUT2D eigenvalue weighted by Crippen LogP contribution is 2.29. The van der Waals surface area contributed by atoms with Crippen molar-refractivity contribution in [3.05, 3.63) is 41.0 Å². The van der Waals surface area contributed by atoms with Gasteiger partial charge in [-0.1, -0.05) is 33.6 Å². The molecule has 3 heteroatoms. The van der Waals surface area contributed by atoms with Crippen molar-refractivity contribution in [3.63, 3.8) is 0 Å². The highest BCUT2D eigenvalue weighted by Gasteiger charge is 2.13. The van der Waals surface area contributed by atoms with E-state index in [0.717, 1.165) is 17.0 Å². The van der Waals surface area contributed by atoms with Gasteiger partial charge in [-0.3, -0.25) is 0 Å². The zero-order valence-electron chi connectivity index (χ0n) is 9.67. The molecule has 2 rings (SSSR count). The first kappa shape index (κ1) is 11.4. The summed E-state index contributed by atoms with van der Waals surface area (Å²) in [6, 6.07) is 6.38. The molecular formula is C13H14BrNO. The highest BCUT2D eigenvalue weighted by atomic mass is 79.9. The fourth-order valence-electron chi connectivity index (χ4n) is 1.76. The lowest BCUT2D eigenvalue weighted by atomic mass is 10.0. The van der Waals surface area contributed by atoms with Crippen LogP contribution in [0.1, 0.15) is 22.8 Å². The highest BCUT2D eigenvalue weighted by molar-refractivity contribution is 9.08. The number of halogens is 1. The molecule has 1 aromatic heterocycles. The zero-order valence-corrected chi connectivity index (χ0v) is 11.3. The Hall–Kier alpha value is -1.09. The number of oxazole rings is 1. The molecule has 0 aliphatic carbocycles. The average Bonchev–Trinajstić information content (AvgIpc) is 2.63. The van der Waals surface area contributed by atoms with Crippen molar-refractivity contribution >= 4 is 15.9 Å². The number of benzene rings is 1. The van der Waals surface area contributed by atoms with E-state index in [2.05, 4.69) is 53.0 Å². The van der Waals surface area contributed by atoms with E-state index >= 15 is 0 Å². The van der Waals surface area contributed by atoms with Crippen LogP contribution in [0.4, 0.5) is 0 Å². The van der Waals surface area contributed by atoms with Gasteiger partial charge in [-0.25, -0.2) is 4.98 Å². The van der Waals surface area contributed by atoms with Crippen LogP contribution in [0.2, 0.25) is 0 Å². The fraction of sp³-hybridized carbons (Fsp3) is 0.308. The van der Waals surface area contributed by atoms with E-state index in [4.69, 9.17) is 4.42 Å². The first-order valence-electron chi connectivity index (χ1n) is 5.21. The van der Waals surface area contributed by atoms with Crippen LogP contribution in [-0.4, -0.2) is 4.98 Å². The second-order valence-electron chi connectivity index (χ2n) is 3.96. The van der Waals surface area contributed by atoms with Gasteiger partial charge in [0.05, 0.1) is 5.33 Å². The molecule has 0 unspecified atom stereocenters. The molecule has 1 aromatic carbocycles. The molecule has 0 saturated heterocycles. The molecular weight excluding hydrogens is 266 g/mol. The smallest absolute Gasteiger partial charge is 0.191 e. The minimum absolute atomic E-state index is 0.691. The molecule has 0 aliphatic rings. The van der Waals surface area contributed by atoms with E-state index in [9.17, 15) is 0 Å². The van der Waals surface area contributed by atoms with Crippen LogP contribution >= 0.6 is 15.9 Å². The van der Waals surface area contributed by atoms with E-state index in [0.29, 0.717) is 11.2 Å². The first-order valence-corrected chi connectivity index (χ1v) is 6.34. The summed E-state index contributed by atoms with van der Waals surface area (Å²) >= 11 is 3.43. The summed E-state index contributed by atoms with van der Waals surface area (Å²) in [7, 11) is 0. The summed E-state index contributed by atoms with van der Waals surface area (Å²) in [5.41, 5.74) is 4.57. The molecule has 0 aliphatic heterocycles. The molecule has 0 atom stereocenters. The van der Waals surface area contributed by atoms with E-state index < -0.39 is 0 Å². The molecule has 0 saturated carbocycles. The maximum atomic E-state index is 5.56. The molecule has 2 nitrogen and oxygen atoms in total. The van der Waals surface area contributed by atoms with Crippen LogP contribution in [-0.2, 0) is 5.33 Å². The summed E-state index contributed by atoms with van der Waals surface area (Å²) in [5, 5.41) is 0.691. The Balaban J connectivity index is 2.61. The van der Waals surface area contributed by atoms with Gasteiger partial charge < -0.3 is 4.42 Å². The summed E-state index contributed by atoms with van der Waals surface area (Å²) < 4.78 is 5.56. The van der Waals surface area contributed by atoms with Gasteiger partial charge in [-0.15, -0.1) is 0 Å². The minimum atomic E-state index is 0.691. The zero-order chi connectivity index (χ0) is 11.7. The number of hydrogen-bond donors (Lipinski definition) is 0. The Morgan fingerprint density at radius 1 is 1.25 bits per heavy atom. The van der Waals surface area contributed by atoms with Crippen molar-refractivity contribution in [2.45, 2.75) is 26.1 Å². The van der Waals surface area contributed by atoms with E-state index in [1.807, 2.05) is 6.92 Å². The summed E-state index contributed by atoms with van der Waals surface area (Å²) in [6.07, 6.45) is 0. The predicted molar refractivity (Wildman–Crippen MR) is 68.8 cm³/mol. The van der Waals surface area contributed by atoms with Gasteiger partial charge in [-0.05, 0) is 25.5 Å². The van der Waals surface area contributed by atoms with Crippen LogP contribution in [0.3, 0.4) is 0 Å². The van der Waals surface area contributed by atoms with Crippen molar-refractivity contribution in [2.24, 2.45) is 0 Å². The van der Waals surface area contributed by atoms with Crippen molar-refractivity contribution < 1.29 is 4.42 Å². The van der Waals surface area contributed by atoms with Crippen LogP contribution < -0.4 is 0 Å². The van der Waals surface area contributed by atoms with Crippen LogP contribution in [0.15, 0.2) is 22.6 Å². The summed E-state index contributed by atoms with van der Waals surface area (Å²) in [5.74, 6) is 1.61. The lowest BCUT2D eigenvalue weighted by molar-refractivity contribution is 0.492. The lowest BCUT2D eigenvalue weighted by Crippen LogP contribution is -1.88. The quantitative estimate of drug-likeness (QED) is 0.772. The van der Waals surface area contributed by atoms with E-state index in [1.54, 1.807) is 0 Å². The van der Waals surface area contributed by atoms with Crippen molar-refractivity contribution in [3.8, 4) is 11.3 Å². The Morgan fingerprint density at radius 3 is 2.69 bits per heavy atom. The largest absolute Gasteiger partial charge is 0.444 e. The number of alkyl halides is 1. The molecule has 0 radical (unpaired) electrons. The SMILES string of the molecule is Cc1ccc(C)c(-c2nc(C)oc2CBr)c1. The molecule has 0 bridgehead atoms. The van der Waals surface area contributed by atoms with Crippen molar-refractivity contribution in [2.75, 3.05) is 0 Å². The summed E-state index contributed by atoms with van der Waals surface area (Å²) in [4.78, 5) is 4.46. The standard InChI is InChI=1S/C13H14BrNO/c1-8-4-5-9(2)11(6-8)13-12(7-14)16-10(3)15-13/h4-6H,7H2,1-3H3. The fourth-order valence-corrected chi connectivity index (χ4v) is 2.14. The Bertz CT molecular complexity index is 517. The lowest BCUT2D eigenvalue weighted by Gasteiger charge is -2.04. The average molecular weight is 280 g/mol. The van der Waals surface area contributed by atoms with Crippen LogP contribution in [0, 0.1) is 20.8 Å². The van der Waals surface area contributed by atoms with Gasteiger partial charge in [0.2, 0.25) is 0 Å². The Kier molecular flexibility index (Phi) is 3.15. The Morgan fingerprint density at radius 2 is 2.00 bits per heavy atom. The summed E-state index contributed by atoms with van der Waals surface area (Å²) in [6.45, 7) is 6.06. The second-order valence-corrected chi connectivity index (χ2v) is 4.52. The third kappa shape index (κ3) is 2.05. The van der Waals surface area contributed by atoms with Gasteiger partial charge in [0.25, 0.3) is 0 Å². The molecule has 84 valence electrons. The molecule has 1 heterocycles. The van der Waals surface area contributed by atoms with Crippen LogP contribution in [0.5, 0.6) is 0 Å². The van der Waals surface area contributed by atoms with E-state index in [-0.39, 0.29) is 0 Å². The monoisotopic (exact) mass is 279 g/mol. The van der Waals surface area contributed by atoms with Gasteiger partial charge in [0.15, 0.2) is 5.89 Å². The number of nitrogens with zero attached hydrogens (tertiary/aromatic N) is 1. The van der Waals surface area contributed by atoms with Gasteiger partial charge in [-0.2, -0.15) is 0 Å². The van der Waals surface area contributed by atoms with E-state index in [1.165, 1.54) is 11.1 Å². The molecule has 2 aromatic rings. The molecule has 0 N–H and O–H groups in total. The molecule has 16 heavy (non-hydrogen) atoms. The molecule has 0 fully saturated rings. The maximum Gasteiger partial charge on any atom is 0.191 e. The molecule has 0 amide bonds. The number of aryl methyl sites for hydroxylation is 3. The maximum absolute atomic E-state index is 5.56. The van der Waals surface area contributed by atoms with Crippen molar-refractivity contribution in [1.29, 1.82) is 0 Å². The number of rotatable bonds is 2. The van der Waals surface area contributed by atoms with Gasteiger partial charge in [0.1, 0.15) is 11.5 Å². The topological polar surface area (TPSA) is 26.0 Å². The number of hydrogen-bond acceptors (Lipinski definition) is 2. The van der Waals surface area contributed by atoms with Crippen molar-refractivity contribution in [1.82, 2.24) is 4.98 Å². The van der Waals surface area contributed by atoms with Crippen LogP contribution in [0.25, 0.3) is 11.3 Å². The first-order chi connectivity index (χ1) is 7.61. The van der Waals surface area contributed by atoms with Gasteiger partial charge in [0, 0.05) is 12.5 Å². The third-order valence-corrected chi connectivity index (χ3v) is 3.08.